The van der Waals surface area contributed by atoms with Crippen LogP contribution >= 0.6 is 0 Å². The second kappa shape index (κ2) is 7.05. The Morgan fingerprint density at radius 1 is 1.47 bits per heavy atom. The maximum absolute atomic E-state index is 11.5. The molecule has 3 N–H and O–H groups in total. The minimum atomic E-state index is -1.14. The Hall–Kier alpha value is -2.50. The van der Waals surface area contributed by atoms with E-state index in [0.29, 0.717) is 18.7 Å². The maximum Gasteiger partial charge on any atom is 0.337 e. The van der Waals surface area contributed by atoms with E-state index in [-0.39, 0.29) is 11.3 Å². The molecule has 0 aliphatic carbocycles. The van der Waals surface area contributed by atoms with E-state index in [0.717, 1.165) is 0 Å². The Kier molecular flexibility index (Phi) is 5.40. The number of aromatic carboxylic acids is 1. The summed E-state index contributed by atoms with van der Waals surface area (Å²) in [6, 6.07) is 3.94. The second-order valence-electron chi connectivity index (χ2n) is 3.67. The largest absolute Gasteiger partial charge is 0.497 e. The van der Waals surface area contributed by atoms with E-state index in [9.17, 15) is 9.59 Å². The van der Waals surface area contributed by atoms with Gasteiger partial charge in [0.1, 0.15) is 5.75 Å². The summed E-state index contributed by atoms with van der Waals surface area (Å²) in [5.41, 5.74) is 0.183. The fourth-order valence-corrected chi connectivity index (χ4v) is 1.39. The van der Waals surface area contributed by atoms with Gasteiger partial charge in [-0.05, 0) is 24.6 Å². The number of hydrogen-bond donors (Lipinski definition) is 3. The molecule has 0 bridgehead atoms. The van der Waals surface area contributed by atoms with E-state index >= 15 is 0 Å². The van der Waals surface area contributed by atoms with E-state index in [1.807, 2.05) is 0 Å². The third-order valence-corrected chi connectivity index (χ3v) is 2.34. The highest BCUT2D eigenvalue weighted by Crippen LogP contribution is 2.22. The number of carbonyl (C=O) groups excluding carboxylic acids is 1. The predicted molar refractivity (Wildman–Crippen MR) is 71.8 cm³/mol. The first kappa shape index (κ1) is 14.6. The number of nitrogens with one attached hydrogen (secondary N) is 2. The number of benzene rings is 1. The number of rotatable bonds is 6. The van der Waals surface area contributed by atoms with E-state index in [1.54, 1.807) is 12.1 Å². The third-order valence-electron chi connectivity index (χ3n) is 2.34. The zero-order valence-electron chi connectivity index (χ0n) is 10.6. The van der Waals surface area contributed by atoms with Crippen molar-refractivity contribution in [2.24, 2.45) is 0 Å². The minimum absolute atomic E-state index is 0.0294. The van der Waals surface area contributed by atoms with Crippen LogP contribution in [0.25, 0.3) is 0 Å². The zero-order valence-corrected chi connectivity index (χ0v) is 10.6. The molecule has 2 amide bonds. The molecule has 0 atom stereocenters. The van der Waals surface area contributed by atoms with E-state index in [4.69, 9.17) is 9.84 Å². The van der Waals surface area contributed by atoms with Crippen LogP contribution in [0.1, 0.15) is 16.8 Å². The van der Waals surface area contributed by atoms with Gasteiger partial charge in [0.15, 0.2) is 0 Å². The summed E-state index contributed by atoms with van der Waals surface area (Å²) in [5, 5.41) is 14.1. The SMILES string of the molecule is C=CCCNC(=O)Nc1ccc(OC)cc1C(=O)O. The van der Waals surface area contributed by atoms with Crippen LogP contribution in [0.3, 0.4) is 0 Å². The standard InChI is InChI=1S/C13H16N2O4/c1-3-4-7-14-13(18)15-11-6-5-9(19-2)8-10(11)12(16)17/h3,5-6,8H,1,4,7H2,2H3,(H,16,17)(H2,14,15,18). The van der Waals surface area contributed by atoms with Gasteiger partial charge < -0.3 is 20.5 Å². The van der Waals surface area contributed by atoms with E-state index in [2.05, 4.69) is 17.2 Å². The van der Waals surface area contributed by atoms with Crippen molar-refractivity contribution in [1.29, 1.82) is 0 Å². The lowest BCUT2D eigenvalue weighted by molar-refractivity contribution is 0.0697. The van der Waals surface area contributed by atoms with Crippen LogP contribution in [-0.4, -0.2) is 30.8 Å². The first-order valence-corrected chi connectivity index (χ1v) is 5.65. The molecule has 0 spiro atoms. The Morgan fingerprint density at radius 2 is 2.21 bits per heavy atom. The first-order valence-electron chi connectivity index (χ1n) is 5.65. The Labute approximate surface area is 111 Å². The van der Waals surface area contributed by atoms with Gasteiger partial charge in [-0.3, -0.25) is 0 Å². The van der Waals surface area contributed by atoms with Gasteiger partial charge in [0.05, 0.1) is 18.4 Å². The summed E-state index contributed by atoms with van der Waals surface area (Å²) in [6.07, 6.45) is 2.32. The van der Waals surface area contributed by atoms with E-state index in [1.165, 1.54) is 19.2 Å². The molecule has 6 heteroatoms. The normalized spacial score (nSPS) is 9.53. The van der Waals surface area contributed by atoms with Crippen molar-refractivity contribution >= 4 is 17.7 Å². The van der Waals surface area contributed by atoms with Crippen LogP contribution in [0, 0.1) is 0 Å². The molecule has 102 valence electrons. The molecule has 0 heterocycles. The number of carbonyl (C=O) groups is 2. The number of hydrogen-bond acceptors (Lipinski definition) is 3. The van der Waals surface area contributed by atoms with Crippen molar-refractivity contribution in [3.63, 3.8) is 0 Å². The summed E-state index contributed by atoms with van der Waals surface area (Å²) < 4.78 is 4.94. The van der Waals surface area contributed by atoms with Gasteiger partial charge in [-0.2, -0.15) is 0 Å². The van der Waals surface area contributed by atoms with Gasteiger partial charge in [-0.25, -0.2) is 9.59 Å². The molecule has 1 rings (SSSR count). The van der Waals surface area contributed by atoms with Crippen molar-refractivity contribution < 1.29 is 19.4 Å². The highest BCUT2D eigenvalue weighted by Gasteiger charge is 2.13. The lowest BCUT2D eigenvalue weighted by Crippen LogP contribution is -2.30. The Bertz CT molecular complexity index is 486. The number of amides is 2. The van der Waals surface area contributed by atoms with Crippen LogP contribution < -0.4 is 15.4 Å². The first-order chi connectivity index (χ1) is 9.08. The van der Waals surface area contributed by atoms with Gasteiger partial charge in [-0.1, -0.05) is 6.08 Å². The topological polar surface area (TPSA) is 87.7 Å². The molecule has 1 aromatic carbocycles. The summed E-state index contributed by atoms with van der Waals surface area (Å²) in [7, 11) is 1.44. The molecule has 0 saturated heterocycles. The summed E-state index contributed by atoms with van der Waals surface area (Å²) >= 11 is 0. The van der Waals surface area contributed by atoms with Gasteiger partial charge in [-0.15, -0.1) is 6.58 Å². The summed E-state index contributed by atoms with van der Waals surface area (Å²) in [4.78, 5) is 22.6. The number of methoxy groups -OCH3 is 1. The fourth-order valence-electron chi connectivity index (χ4n) is 1.39. The molecule has 1 aromatic rings. The van der Waals surface area contributed by atoms with Gasteiger partial charge in [0.25, 0.3) is 0 Å². The van der Waals surface area contributed by atoms with Crippen LogP contribution in [0.15, 0.2) is 30.9 Å². The monoisotopic (exact) mass is 264 g/mol. The molecule has 0 unspecified atom stereocenters. The summed E-state index contributed by atoms with van der Waals surface area (Å²) in [6.45, 7) is 3.97. The molecular formula is C13H16N2O4. The average Bonchev–Trinajstić information content (AvgIpc) is 2.39. The number of urea groups is 1. The van der Waals surface area contributed by atoms with Gasteiger partial charge in [0, 0.05) is 6.54 Å². The number of ether oxygens (including phenoxy) is 1. The fraction of sp³-hybridized carbons (Fsp3) is 0.231. The van der Waals surface area contributed by atoms with Crippen molar-refractivity contribution in [3.05, 3.63) is 36.4 Å². The number of anilines is 1. The molecule has 0 aromatic heterocycles. The Balaban J connectivity index is 2.79. The lowest BCUT2D eigenvalue weighted by atomic mass is 10.1. The van der Waals surface area contributed by atoms with Crippen LogP contribution in [0.5, 0.6) is 5.75 Å². The molecular weight excluding hydrogens is 248 g/mol. The summed E-state index contributed by atoms with van der Waals surface area (Å²) in [5.74, 6) is -0.727. The highest BCUT2D eigenvalue weighted by molar-refractivity contribution is 6.00. The maximum atomic E-state index is 11.5. The molecule has 0 aliphatic rings. The van der Waals surface area contributed by atoms with Crippen molar-refractivity contribution in [2.75, 3.05) is 19.0 Å². The van der Waals surface area contributed by atoms with Crippen molar-refractivity contribution in [1.82, 2.24) is 5.32 Å². The number of carboxylic acid groups (broad SMARTS) is 1. The average molecular weight is 264 g/mol. The highest BCUT2D eigenvalue weighted by atomic mass is 16.5. The van der Waals surface area contributed by atoms with Crippen LogP contribution in [0.2, 0.25) is 0 Å². The third kappa shape index (κ3) is 4.34. The molecule has 0 saturated carbocycles. The molecule has 0 aliphatic heterocycles. The number of carboxylic acids is 1. The van der Waals surface area contributed by atoms with Crippen molar-refractivity contribution in [3.8, 4) is 5.75 Å². The predicted octanol–water partition coefficient (Wildman–Crippen LogP) is 2.09. The van der Waals surface area contributed by atoms with Crippen LogP contribution in [0.4, 0.5) is 10.5 Å². The zero-order chi connectivity index (χ0) is 14.3. The Morgan fingerprint density at radius 3 is 2.79 bits per heavy atom. The molecule has 19 heavy (non-hydrogen) atoms. The van der Waals surface area contributed by atoms with Gasteiger partial charge >= 0.3 is 12.0 Å². The molecule has 0 radical (unpaired) electrons. The second-order valence-corrected chi connectivity index (χ2v) is 3.67. The smallest absolute Gasteiger partial charge is 0.337 e. The quantitative estimate of drug-likeness (QED) is 0.542. The van der Waals surface area contributed by atoms with Crippen LogP contribution in [-0.2, 0) is 0 Å². The molecule has 6 nitrogen and oxygen atoms in total. The minimum Gasteiger partial charge on any atom is -0.497 e. The van der Waals surface area contributed by atoms with Gasteiger partial charge in [0.2, 0.25) is 0 Å². The molecule has 0 fully saturated rings. The van der Waals surface area contributed by atoms with E-state index < -0.39 is 12.0 Å². The van der Waals surface area contributed by atoms with Crippen molar-refractivity contribution in [2.45, 2.75) is 6.42 Å². The lowest BCUT2D eigenvalue weighted by Gasteiger charge is -2.10.